The smallest absolute Gasteiger partial charge is 0.241 e. The van der Waals surface area contributed by atoms with Crippen LogP contribution in [-0.4, -0.2) is 40.0 Å². The van der Waals surface area contributed by atoms with Gasteiger partial charge in [0.1, 0.15) is 5.82 Å². The van der Waals surface area contributed by atoms with Crippen LogP contribution in [0.2, 0.25) is 5.02 Å². The number of fused-ring (bicyclic) bond motifs is 1. The number of carbonyl (C=O) groups is 1. The van der Waals surface area contributed by atoms with Crippen molar-refractivity contribution in [3.63, 3.8) is 0 Å². The predicted octanol–water partition coefficient (Wildman–Crippen LogP) is 4.18. The molecule has 1 aromatic heterocycles. The number of carbonyl (C=O) groups excluding carboxylic acids is 1. The molecular weight excluding hydrogens is 410 g/mol. The maximum absolute atomic E-state index is 12.9. The van der Waals surface area contributed by atoms with Gasteiger partial charge in [0.2, 0.25) is 5.91 Å². The summed E-state index contributed by atoms with van der Waals surface area (Å²) in [6.45, 7) is 1.79. The van der Waals surface area contributed by atoms with Gasteiger partial charge < -0.3 is 9.47 Å². The van der Waals surface area contributed by atoms with Gasteiger partial charge in [0.15, 0.2) is 0 Å². The van der Waals surface area contributed by atoms with Gasteiger partial charge in [-0.2, -0.15) is 5.26 Å². The summed E-state index contributed by atoms with van der Waals surface area (Å²) in [7, 11) is 0. The molecule has 0 spiro atoms. The Labute approximate surface area is 186 Å². The summed E-state index contributed by atoms with van der Waals surface area (Å²) in [5.41, 5.74) is 2.70. The van der Waals surface area contributed by atoms with E-state index in [1.54, 1.807) is 0 Å². The normalized spacial score (nSPS) is 21.5. The van der Waals surface area contributed by atoms with Crippen LogP contribution in [0.15, 0.2) is 60.9 Å². The first-order valence-electron chi connectivity index (χ1n) is 10.5. The number of aromatic nitrogens is 2. The van der Waals surface area contributed by atoms with E-state index < -0.39 is 0 Å². The summed E-state index contributed by atoms with van der Waals surface area (Å²) in [5.74, 6) is 1.09. The highest BCUT2D eigenvalue weighted by atomic mass is 35.5. The second-order valence-corrected chi connectivity index (χ2v) is 8.47. The van der Waals surface area contributed by atoms with E-state index in [0.29, 0.717) is 23.7 Å². The van der Waals surface area contributed by atoms with Crippen molar-refractivity contribution in [3.05, 3.63) is 82.9 Å². The molecule has 5 rings (SSSR count). The Balaban J connectivity index is 1.34. The quantitative estimate of drug-likeness (QED) is 0.624. The van der Waals surface area contributed by atoms with Gasteiger partial charge >= 0.3 is 0 Å². The third-order valence-corrected chi connectivity index (χ3v) is 6.52. The maximum Gasteiger partial charge on any atom is 0.241 e. The van der Waals surface area contributed by atoms with Crippen LogP contribution in [0.1, 0.15) is 41.9 Å². The maximum atomic E-state index is 12.9. The first-order chi connectivity index (χ1) is 15.1. The Morgan fingerprint density at radius 1 is 1.06 bits per heavy atom. The minimum absolute atomic E-state index is 0.0841. The number of anilines is 1. The molecule has 1 saturated heterocycles. The Morgan fingerprint density at radius 3 is 2.61 bits per heavy atom. The third kappa shape index (κ3) is 3.71. The molecule has 0 aliphatic carbocycles. The van der Waals surface area contributed by atoms with Crippen LogP contribution in [-0.2, 0) is 4.79 Å². The first-order valence-corrected chi connectivity index (χ1v) is 10.8. The summed E-state index contributed by atoms with van der Waals surface area (Å²) < 4.78 is 2.23. The highest BCUT2D eigenvalue weighted by molar-refractivity contribution is 6.30. The van der Waals surface area contributed by atoms with Crippen molar-refractivity contribution in [3.8, 4) is 6.07 Å². The van der Waals surface area contributed by atoms with Gasteiger partial charge in [-0.3, -0.25) is 9.69 Å². The summed E-state index contributed by atoms with van der Waals surface area (Å²) in [4.78, 5) is 21.7. The van der Waals surface area contributed by atoms with Crippen LogP contribution in [0.4, 0.5) is 5.69 Å². The van der Waals surface area contributed by atoms with E-state index in [1.165, 1.54) is 5.56 Å². The minimum Gasteiger partial charge on any atom is -0.326 e. The summed E-state index contributed by atoms with van der Waals surface area (Å²) >= 11 is 6.11. The number of rotatable bonds is 3. The monoisotopic (exact) mass is 431 g/mol. The molecule has 2 aliphatic heterocycles. The van der Waals surface area contributed by atoms with Crippen LogP contribution >= 0.6 is 11.6 Å². The molecule has 2 aliphatic rings. The fourth-order valence-electron chi connectivity index (χ4n) is 4.76. The molecule has 0 unspecified atom stereocenters. The average Bonchev–Trinajstić information content (AvgIpc) is 3.28. The van der Waals surface area contributed by atoms with Gasteiger partial charge in [0, 0.05) is 36.2 Å². The van der Waals surface area contributed by atoms with Crippen molar-refractivity contribution in [1.29, 1.82) is 5.26 Å². The lowest BCUT2D eigenvalue weighted by atomic mass is 9.93. The summed E-state index contributed by atoms with van der Waals surface area (Å²) in [6.07, 6.45) is 5.76. The molecule has 1 amide bonds. The zero-order chi connectivity index (χ0) is 21.4. The molecule has 2 aromatic carbocycles. The van der Waals surface area contributed by atoms with Gasteiger partial charge in [-0.05, 0) is 48.7 Å². The SMILES string of the molecule is N#Cc1ccc([C@@H]2CC[C@@H](N3CCN(c4cccc(Cl)c4)C(=O)C3)c3nccn32)cc1. The minimum atomic E-state index is 0.0841. The summed E-state index contributed by atoms with van der Waals surface area (Å²) in [6, 6.07) is 17.7. The van der Waals surface area contributed by atoms with E-state index in [0.717, 1.165) is 30.9 Å². The molecule has 156 valence electrons. The lowest BCUT2D eigenvalue weighted by molar-refractivity contribution is -0.122. The molecule has 0 bridgehead atoms. The molecular formula is C24H22ClN5O. The van der Waals surface area contributed by atoms with Gasteiger partial charge in [-0.25, -0.2) is 4.98 Å². The molecule has 0 radical (unpaired) electrons. The zero-order valence-corrected chi connectivity index (χ0v) is 17.7. The van der Waals surface area contributed by atoms with Crippen molar-refractivity contribution in [1.82, 2.24) is 14.5 Å². The van der Waals surface area contributed by atoms with Crippen molar-refractivity contribution in [2.45, 2.75) is 24.9 Å². The van der Waals surface area contributed by atoms with E-state index in [-0.39, 0.29) is 18.0 Å². The van der Waals surface area contributed by atoms with Crippen LogP contribution in [0.5, 0.6) is 0 Å². The fourth-order valence-corrected chi connectivity index (χ4v) is 4.94. The molecule has 3 aromatic rings. The standard InChI is InChI=1S/C24H22ClN5O/c25-19-2-1-3-20(14-19)29-13-12-28(16-23(29)31)22-9-8-21(30-11-10-27-24(22)30)18-6-4-17(15-26)5-7-18/h1-7,10-11,14,21-22H,8-9,12-13,16H2/t21-,22+/m0/s1. The number of nitriles is 1. The van der Waals surface area contributed by atoms with Gasteiger partial charge in [0.25, 0.3) is 0 Å². The third-order valence-electron chi connectivity index (χ3n) is 6.28. The highest BCUT2D eigenvalue weighted by Gasteiger charge is 2.36. The second-order valence-electron chi connectivity index (χ2n) is 8.03. The molecule has 7 heteroatoms. The van der Waals surface area contributed by atoms with E-state index >= 15 is 0 Å². The molecule has 0 N–H and O–H groups in total. The number of piperazine rings is 1. The molecule has 1 fully saturated rings. The molecule has 3 heterocycles. The van der Waals surface area contributed by atoms with Gasteiger partial charge in [-0.15, -0.1) is 0 Å². The topological polar surface area (TPSA) is 65.2 Å². The highest BCUT2D eigenvalue weighted by Crippen LogP contribution is 2.38. The van der Waals surface area contributed by atoms with Crippen molar-refractivity contribution >= 4 is 23.2 Å². The first kappa shape index (κ1) is 19.8. The number of imidazole rings is 1. The van der Waals surface area contributed by atoms with E-state index in [2.05, 4.69) is 20.5 Å². The lowest BCUT2D eigenvalue weighted by Crippen LogP contribution is -2.52. The van der Waals surface area contributed by atoms with Crippen LogP contribution in [0, 0.1) is 11.3 Å². The lowest BCUT2D eigenvalue weighted by Gasteiger charge is -2.41. The Hall–Kier alpha value is -3.14. The second kappa shape index (κ2) is 8.18. The molecule has 6 nitrogen and oxygen atoms in total. The number of nitrogens with zero attached hydrogens (tertiary/aromatic N) is 5. The molecule has 31 heavy (non-hydrogen) atoms. The number of halogens is 1. The predicted molar refractivity (Wildman–Crippen MR) is 119 cm³/mol. The van der Waals surface area contributed by atoms with E-state index in [1.807, 2.05) is 65.8 Å². The van der Waals surface area contributed by atoms with E-state index in [9.17, 15) is 4.79 Å². The average molecular weight is 432 g/mol. The van der Waals surface area contributed by atoms with Crippen molar-refractivity contribution < 1.29 is 4.79 Å². The molecule has 2 atom stereocenters. The zero-order valence-electron chi connectivity index (χ0n) is 17.0. The van der Waals surface area contributed by atoms with E-state index in [4.69, 9.17) is 16.9 Å². The largest absolute Gasteiger partial charge is 0.326 e. The van der Waals surface area contributed by atoms with Crippen LogP contribution in [0.3, 0.4) is 0 Å². The number of benzene rings is 2. The number of amides is 1. The fraction of sp³-hybridized carbons (Fsp3) is 0.292. The van der Waals surface area contributed by atoms with Crippen molar-refractivity contribution in [2.24, 2.45) is 0 Å². The summed E-state index contributed by atoms with van der Waals surface area (Å²) in [5, 5.41) is 9.70. The Kier molecular flexibility index (Phi) is 5.23. The number of hydrogen-bond donors (Lipinski definition) is 0. The Morgan fingerprint density at radius 2 is 1.87 bits per heavy atom. The van der Waals surface area contributed by atoms with Crippen molar-refractivity contribution in [2.75, 3.05) is 24.5 Å². The molecule has 0 saturated carbocycles. The van der Waals surface area contributed by atoms with Gasteiger partial charge in [-0.1, -0.05) is 29.8 Å². The van der Waals surface area contributed by atoms with Crippen LogP contribution < -0.4 is 4.90 Å². The van der Waals surface area contributed by atoms with Gasteiger partial charge in [0.05, 0.1) is 30.3 Å². The van der Waals surface area contributed by atoms with Crippen LogP contribution in [0.25, 0.3) is 0 Å². The number of hydrogen-bond acceptors (Lipinski definition) is 4. The Bertz CT molecular complexity index is 1150.